The summed E-state index contributed by atoms with van der Waals surface area (Å²) in [6.45, 7) is 4.76. The van der Waals surface area contributed by atoms with Crippen molar-refractivity contribution in [2.75, 3.05) is 57.1 Å². The number of rotatable bonds is 5. The second-order valence-electron chi connectivity index (χ2n) is 8.90. The minimum absolute atomic E-state index is 0.101. The van der Waals surface area contributed by atoms with Gasteiger partial charge in [-0.1, -0.05) is 0 Å². The minimum atomic E-state index is -4.59. The van der Waals surface area contributed by atoms with Gasteiger partial charge in [0.25, 0.3) is 0 Å². The smallest absolute Gasteiger partial charge is 0.383 e. The number of nitrogen functional groups attached to an aromatic ring is 1. The zero-order valence-electron chi connectivity index (χ0n) is 18.4. The largest absolute Gasteiger partial charge is 0.419 e. The zero-order chi connectivity index (χ0) is 23.2. The van der Waals surface area contributed by atoms with Crippen LogP contribution in [0.15, 0.2) is 18.3 Å². The predicted molar refractivity (Wildman–Crippen MR) is 116 cm³/mol. The first-order chi connectivity index (χ1) is 15.8. The number of likely N-dealkylation sites (tertiary alicyclic amines) is 1. The second-order valence-corrected chi connectivity index (χ2v) is 8.90. The molecule has 2 N–H and O–H groups in total. The maximum absolute atomic E-state index is 13.4. The van der Waals surface area contributed by atoms with Crippen molar-refractivity contribution < 1.29 is 22.6 Å². The van der Waals surface area contributed by atoms with Gasteiger partial charge in [0, 0.05) is 43.6 Å². The molecule has 0 spiro atoms. The summed E-state index contributed by atoms with van der Waals surface area (Å²) >= 11 is 0. The maximum atomic E-state index is 13.4. The Bertz CT molecular complexity index is 1000. The van der Waals surface area contributed by atoms with Crippen LogP contribution in [0, 0.1) is 0 Å². The Hall–Kier alpha value is -2.50. The van der Waals surface area contributed by atoms with Gasteiger partial charge >= 0.3 is 6.18 Å². The SMILES string of the molecule is COC1CN(c2nc(-c3cnc(N)c(C(F)(F)F)c3)cc(C3CCN(C4COC4)CC3)n2)C1. The van der Waals surface area contributed by atoms with E-state index in [2.05, 4.69) is 14.9 Å². The summed E-state index contributed by atoms with van der Waals surface area (Å²) < 4.78 is 50.9. The molecule has 5 rings (SSSR count). The third kappa shape index (κ3) is 4.49. The summed E-state index contributed by atoms with van der Waals surface area (Å²) in [7, 11) is 1.66. The van der Waals surface area contributed by atoms with Crippen molar-refractivity contribution in [3.63, 3.8) is 0 Å². The molecule has 178 valence electrons. The van der Waals surface area contributed by atoms with Crippen LogP contribution in [0.3, 0.4) is 0 Å². The number of hydrogen-bond donors (Lipinski definition) is 1. The van der Waals surface area contributed by atoms with Crippen molar-refractivity contribution in [1.82, 2.24) is 19.9 Å². The van der Waals surface area contributed by atoms with Gasteiger partial charge in [-0.15, -0.1) is 0 Å². The zero-order valence-corrected chi connectivity index (χ0v) is 18.4. The lowest BCUT2D eigenvalue weighted by Crippen LogP contribution is -2.52. The lowest BCUT2D eigenvalue weighted by atomic mass is 9.91. The molecular weight excluding hydrogens is 437 g/mol. The number of piperidine rings is 1. The van der Waals surface area contributed by atoms with Crippen LogP contribution < -0.4 is 10.6 Å². The molecule has 2 aromatic rings. The Labute approximate surface area is 189 Å². The van der Waals surface area contributed by atoms with Crippen LogP contribution in [0.1, 0.15) is 30.0 Å². The van der Waals surface area contributed by atoms with E-state index in [-0.39, 0.29) is 17.6 Å². The molecule has 33 heavy (non-hydrogen) atoms. The molecule has 5 heterocycles. The van der Waals surface area contributed by atoms with E-state index in [4.69, 9.17) is 20.2 Å². The molecule has 3 aliphatic rings. The third-order valence-corrected chi connectivity index (χ3v) is 6.80. The number of anilines is 2. The number of aromatic nitrogens is 3. The number of nitrogens with two attached hydrogens (primary N) is 1. The van der Waals surface area contributed by atoms with E-state index in [1.54, 1.807) is 13.2 Å². The van der Waals surface area contributed by atoms with Gasteiger partial charge in [-0.25, -0.2) is 15.0 Å². The van der Waals surface area contributed by atoms with E-state index in [1.807, 2.05) is 4.90 Å². The standard InChI is InChI=1S/C22H27F3N6O2/c1-32-16-9-31(10-16)21-28-18(13-2-4-30(5-3-13)15-11-33-12-15)7-19(29-21)14-6-17(22(23,24)25)20(26)27-8-14/h6-8,13,15-16H,2-5,9-12H2,1H3,(H2,26,27). The van der Waals surface area contributed by atoms with Crippen LogP contribution >= 0.6 is 0 Å². The van der Waals surface area contributed by atoms with Crippen LogP contribution in [-0.2, 0) is 15.7 Å². The van der Waals surface area contributed by atoms with E-state index in [1.165, 1.54) is 6.20 Å². The molecule has 3 aliphatic heterocycles. The molecule has 0 atom stereocenters. The van der Waals surface area contributed by atoms with Crippen LogP contribution in [0.25, 0.3) is 11.3 Å². The number of ether oxygens (including phenoxy) is 2. The highest BCUT2D eigenvalue weighted by Gasteiger charge is 2.35. The molecule has 0 aliphatic carbocycles. The highest BCUT2D eigenvalue weighted by molar-refractivity contribution is 5.64. The first kappa shape index (κ1) is 22.3. The Morgan fingerprint density at radius 1 is 1.12 bits per heavy atom. The molecule has 3 saturated heterocycles. The lowest BCUT2D eigenvalue weighted by molar-refractivity contribution is -0.137. The Morgan fingerprint density at radius 3 is 2.45 bits per heavy atom. The van der Waals surface area contributed by atoms with Gasteiger partial charge in [0.05, 0.1) is 36.6 Å². The number of methoxy groups -OCH3 is 1. The summed E-state index contributed by atoms with van der Waals surface area (Å²) in [6, 6.07) is 3.32. The number of halogens is 3. The maximum Gasteiger partial charge on any atom is 0.419 e. The molecule has 0 bridgehead atoms. The van der Waals surface area contributed by atoms with Crippen LogP contribution in [-0.4, -0.2) is 78.5 Å². The highest BCUT2D eigenvalue weighted by atomic mass is 19.4. The first-order valence-corrected chi connectivity index (χ1v) is 11.1. The van der Waals surface area contributed by atoms with Crippen molar-refractivity contribution in [1.29, 1.82) is 0 Å². The second kappa shape index (κ2) is 8.69. The molecule has 0 saturated carbocycles. The topological polar surface area (TPSA) is 89.6 Å². The number of hydrogen-bond acceptors (Lipinski definition) is 8. The normalized spacial score (nSPS) is 21.2. The molecule has 0 radical (unpaired) electrons. The van der Waals surface area contributed by atoms with Crippen molar-refractivity contribution in [2.45, 2.75) is 37.1 Å². The quantitative estimate of drug-likeness (QED) is 0.722. The van der Waals surface area contributed by atoms with Gasteiger partial charge in [-0.3, -0.25) is 4.90 Å². The molecule has 3 fully saturated rings. The van der Waals surface area contributed by atoms with Crippen molar-refractivity contribution >= 4 is 11.8 Å². The third-order valence-electron chi connectivity index (χ3n) is 6.80. The van der Waals surface area contributed by atoms with Gasteiger partial charge in [0.2, 0.25) is 5.95 Å². The Morgan fingerprint density at radius 2 is 1.85 bits per heavy atom. The van der Waals surface area contributed by atoms with Crippen LogP contribution in [0.4, 0.5) is 24.9 Å². The molecule has 2 aromatic heterocycles. The molecule has 0 aromatic carbocycles. The van der Waals surface area contributed by atoms with E-state index in [0.29, 0.717) is 30.8 Å². The summed E-state index contributed by atoms with van der Waals surface area (Å²) in [5.41, 5.74) is 6.08. The average molecular weight is 464 g/mol. The molecule has 0 amide bonds. The predicted octanol–water partition coefficient (Wildman–Crippen LogP) is 2.55. The van der Waals surface area contributed by atoms with Gasteiger partial charge < -0.3 is 20.1 Å². The van der Waals surface area contributed by atoms with Crippen LogP contribution in [0.2, 0.25) is 0 Å². The van der Waals surface area contributed by atoms with Crippen molar-refractivity contribution in [2.24, 2.45) is 0 Å². The fourth-order valence-electron chi connectivity index (χ4n) is 4.54. The first-order valence-electron chi connectivity index (χ1n) is 11.1. The van der Waals surface area contributed by atoms with Crippen LogP contribution in [0.5, 0.6) is 0 Å². The summed E-state index contributed by atoms with van der Waals surface area (Å²) in [5.74, 6) is 0.181. The van der Waals surface area contributed by atoms with Gasteiger partial charge in [-0.2, -0.15) is 13.2 Å². The summed E-state index contributed by atoms with van der Waals surface area (Å²) in [5, 5.41) is 0. The Kier molecular flexibility index (Phi) is 5.87. The molecular formula is C22H27F3N6O2. The minimum Gasteiger partial charge on any atom is -0.383 e. The summed E-state index contributed by atoms with van der Waals surface area (Å²) in [4.78, 5) is 17.6. The average Bonchev–Trinajstić information content (AvgIpc) is 2.72. The van der Waals surface area contributed by atoms with Crippen molar-refractivity contribution in [3.8, 4) is 11.3 Å². The lowest BCUT2D eigenvalue weighted by Gasteiger charge is -2.41. The monoisotopic (exact) mass is 464 g/mol. The molecule has 0 unspecified atom stereocenters. The van der Waals surface area contributed by atoms with Gasteiger partial charge in [0.1, 0.15) is 5.82 Å². The number of pyridine rings is 1. The number of nitrogens with zero attached hydrogens (tertiary/aromatic N) is 5. The van der Waals surface area contributed by atoms with E-state index < -0.39 is 17.6 Å². The molecule has 8 nitrogen and oxygen atoms in total. The van der Waals surface area contributed by atoms with E-state index in [9.17, 15) is 13.2 Å². The fraction of sp³-hybridized carbons (Fsp3) is 0.591. The van der Waals surface area contributed by atoms with Gasteiger partial charge in [-0.05, 0) is 38.1 Å². The van der Waals surface area contributed by atoms with E-state index >= 15 is 0 Å². The van der Waals surface area contributed by atoms with E-state index in [0.717, 1.165) is 50.9 Å². The van der Waals surface area contributed by atoms with Crippen molar-refractivity contribution in [3.05, 3.63) is 29.6 Å². The molecule has 11 heteroatoms. The highest BCUT2D eigenvalue weighted by Crippen LogP contribution is 2.37. The van der Waals surface area contributed by atoms with Gasteiger partial charge in [0.15, 0.2) is 0 Å². The number of alkyl halides is 3. The Balaban J connectivity index is 1.45. The summed E-state index contributed by atoms with van der Waals surface area (Å²) in [6.07, 6.45) is -1.29. The fourth-order valence-corrected chi connectivity index (χ4v) is 4.54.